The number of rotatable bonds is 7. The van der Waals surface area contributed by atoms with Crippen LogP contribution < -0.4 is 16.0 Å². The van der Waals surface area contributed by atoms with Crippen LogP contribution in [0.3, 0.4) is 0 Å². The molecule has 1 fully saturated rings. The van der Waals surface area contributed by atoms with E-state index in [0.29, 0.717) is 31.3 Å². The SMILES string of the molecule is CC(=O)NCCCNC(=O)CC(C)C1CCCNC1.Cl. The molecule has 1 saturated heterocycles. The number of halogens is 1. The lowest BCUT2D eigenvalue weighted by Crippen LogP contribution is -2.36. The minimum atomic E-state index is -0.0234. The number of hydrogen-bond acceptors (Lipinski definition) is 3. The van der Waals surface area contributed by atoms with Crippen LogP contribution in [0.5, 0.6) is 0 Å². The second-order valence-corrected chi connectivity index (χ2v) is 5.47. The lowest BCUT2D eigenvalue weighted by atomic mass is 9.85. The molecule has 0 saturated carbocycles. The van der Waals surface area contributed by atoms with Crippen molar-refractivity contribution in [1.82, 2.24) is 16.0 Å². The van der Waals surface area contributed by atoms with Crippen molar-refractivity contribution in [3.05, 3.63) is 0 Å². The van der Waals surface area contributed by atoms with Crippen LogP contribution >= 0.6 is 12.4 Å². The van der Waals surface area contributed by atoms with Gasteiger partial charge in [-0.25, -0.2) is 0 Å². The summed E-state index contributed by atoms with van der Waals surface area (Å²) in [5.74, 6) is 1.16. The van der Waals surface area contributed by atoms with E-state index in [2.05, 4.69) is 22.9 Å². The molecule has 0 radical (unpaired) electrons. The molecule has 1 heterocycles. The summed E-state index contributed by atoms with van der Waals surface area (Å²) in [6, 6.07) is 0. The van der Waals surface area contributed by atoms with Gasteiger partial charge in [0.2, 0.25) is 11.8 Å². The zero-order chi connectivity index (χ0) is 14.1. The van der Waals surface area contributed by atoms with Crippen LogP contribution in [0.4, 0.5) is 0 Å². The molecule has 0 aromatic carbocycles. The minimum absolute atomic E-state index is 0. The molecular weight excluding hydrogens is 278 g/mol. The zero-order valence-electron chi connectivity index (χ0n) is 12.5. The second kappa shape index (κ2) is 10.9. The fourth-order valence-electron chi connectivity index (χ4n) is 2.48. The summed E-state index contributed by atoms with van der Waals surface area (Å²) in [6.45, 7) is 7.06. The topological polar surface area (TPSA) is 70.2 Å². The third-order valence-electron chi connectivity index (χ3n) is 3.70. The Kier molecular flexibility index (Phi) is 10.5. The predicted octanol–water partition coefficient (Wildman–Crippen LogP) is 1.08. The zero-order valence-corrected chi connectivity index (χ0v) is 13.4. The van der Waals surface area contributed by atoms with E-state index in [0.717, 1.165) is 19.5 Å². The van der Waals surface area contributed by atoms with Gasteiger partial charge in [0.1, 0.15) is 0 Å². The van der Waals surface area contributed by atoms with Crippen LogP contribution in [-0.2, 0) is 9.59 Å². The van der Waals surface area contributed by atoms with Gasteiger partial charge >= 0.3 is 0 Å². The van der Waals surface area contributed by atoms with Crippen molar-refractivity contribution in [1.29, 1.82) is 0 Å². The molecule has 6 heteroatoms. The standard InChI is InChI=1S/C14H27N3O2.ClH/c1-11(13-5-3-6-15-10-13)9-14(19)17-8-4-7-16-12(2)18;/h11,13,15H,3-10H2,1-2H3,(H,16,18)(H,17,19);1H. The van der Waals surface area contributed by atoms with Gasteiger partial charge in [0.15, 0.2) is 0 Å². The first-order valence-corrected chi connectivity index (χ1v) is 7.31. The lowest BCUT2D eigenvalue weighted by molar-refractivity contribution is -0.122. The van der Waals surface area contributed by atoms with Gasteiger partial charge in [-0.1, -0.05) is 6.92 Å². The van der Waals surface area contributed by atoms with Crippen molar-refractivity contribution >= 4 is 24.2 Å². The van der Waals surface area contributed by atoms with Gasteiger partial charge in [-0.05, 0) is 44.2 Å². The van der Waals surface area contributed by atoms with Crippen molar-refractivity contribution in [3.8, 4) is 0 Å². The highest BCUT2D eigenvalue weighted by Crippen LogP contribution is 2.22. The summed E-state index contributed by atoms with van der Waals surface area (Å²) >= 11 is 0. The number of piperidine rings is 1. The molecule has 1 aliphatic rings. The van der Waals surface area contributed by atoms with Crippen molar-refractivity contribution in [3.63, 3.8) is 0 Å². The molecule has 0 spiro atoms. The van der Waals surface area contributed by atoms with E-state index >= 15 is 0 Å². The molecule has 5 nitrogen and oxygen atoms in total. The Bertz CT molecular complexity index is 294. The molecule has 3 N–H and O–H groups in total. The van der Waals surface area contributed by atoms with E-state index in [1.54, 1.807) is 0 Å². The fraction of sp³-hybridized carbons (Fsp3) is 0.857. The highest BCUT2D eigenvalue weighted by molar-refractivity contribution is 5.85. The first kappa shape index (κ1) is 19.2. The molecule has 1 rings (SSSR count). The van der Waals surface area contributed by atoms with Gasteiger partial charge < -0.3 is 16.0 Å². The van der Waals surface area contributed by atoms with Crippen molar-refractivity contribution in [2.75, 3.05) is 26.2 Å². The van der Waals surface area contributed by atoms with Crippen LogP contribution in [0, 0.1) is 11.8 Å². The molecule has 118 valence electrons. The monoisotopic (exact) mass is 305 g/mol. The van der Waals surface area contributed by atoms with Crippen LogP contribution in [0.1, 0.15) is 39.5 Å². The van der Waals surface area contributed by atoms with Gasteiger partial charge in [0.25, 0.3) is 0 Å². The second-order valence-electron chi connectivity index (χ2n) is 5.47. The molecule has 20 heavy (non-hydrogen) atoms. The van der Waals surface area contributed by atoms with Crippen molar-refractivity contribution in [2.45, 2.75) is 39.5 Å². The Morgan fingerprint density at radius 2 is 2.00 bits per heavy atom. The van der Waals surface area contributed by atoms with Gasteiger partial charge in [-0.2, -0.15) is 0 Å². The van der Waals surface area contributed by atoms with Crippen LogP contribution in [0.2, 0.25) is 0 Å². The van der Waals surface area contributed by atoms with Crippen LogP contribution in [0.15, 0.2) is 0 Å². The van der Waals surface area contributed by atoms with E-state index in [-0.39, 0.29) is 24.2 Å². The number of amides is 2. The molecule has 0 aliphatic carbocycles. The third-order valence-corrected chi connectivity index (χ3v) is 3.70. The highest BCUT2D eigenvalue weighted by atomic mass is 35.5. The minimum Gasteiger partial charge on any atom is -0.356 e. The van der Waals surface area contributed by atoms with Crippen LogP contribution in [0.25, 0.3) is 0 Å². The molecule has 1 aliphatic heterocycles. The van der Waals surface area contributed by atoms with Gasteiger partial charge in [0, 0.05) is 26.4 Å². The Labute approximate surface area is 128 Å². The Morgan fingerprint density at radius 3 is 2.60 bits per heavy atom. The van der Waals surface area contributed by atoms with Gasteiger partial charge in [0.05, 0.1) is 0 Å². The number of hydrogen-bond donors (Lipinski definition) is 3. The van der Waals surface area contributed by atoms with E-state index in [4.69, 9.17) is 0 Å². The predicted molar refractivity (Wildman–Crippen MR) is 82.9 cm³/mol. The normalized spacial score (nSPS) is 19.6. The summed E-state index contributed by atoms with van der Waals surface area (Å²) in [5.41, 5.74) is 0. The quantitative estimate of drug-likeness (QED) is 0.616. The summed E-state index contributed by atoms with van der Waals surface area (Å²) in [6.07, 6.45) is 3.83. The maximum Gasteiger partial charge on any atom is 0.220 e. The van der Waals surface area contributed by atoms with E-state index in [9.17, 15) is 9.59 Å². The smallest absolute Gasteiger partial charge is 0.220 e. The van der Waals surface area contributed by atoms with Crippen molar-refractivity contribution < 1.29 is 9.59 Å². The average Bonchev–Trinajstić information content (AvgIpc) is 2.39. The average molecular weight is 306 g/mol. The third kappa shape index (κ3) is 8.38. The molecule has 0 aromatic rings. The Hall–Kier alpha value is -0.810. The summed E-state index contributed by atoms with van der Waals surface area (Å²) in [4.78, 5) is 22.4. The molecule has 0 bridgehead atoms. The summed E-state index contributed by atoms with van der Waals surface area (Å²) < 4.78 is 0. The molecule has 2 atom stereocenters. The van der Waals surface area contributed by atoms with E-state index in [1.807, 2.05) is 0 Å². The molecule has 2 unspecified atom stereocenters. The van der Waals surface area contributed by atoms with Crippen molar-refractivity contribution in [2.24, 2.45) is 11.8 Å². The van der Waals surface area contributed by atoms with Crippen LogP contribution in [-0.4, -0.2) is 38.0 Å². The number of nitrogens with one attached hydrogen (secondary N) is 3. The number of carbonyl (C=O) groups is 2. The van der Waals surface area contributed by atoms with Gasteiger partial charge in [-0.15, -0.1) is 12.4 Å². The fourth-order valence-corrected chi connectivity index (χ4v) is 2.48. The maximum atomic E-state index is 11.8. The van der Waals surface area contributed by atoms with E-state index < -0.39 is 0 Å². The first-order valence-electron chi connectivity index (χ1n) is 7.31. The molecule has 0 aromatic heterocycles. The molecule has 2 amide bonds. The van der Waals surface area contributed by atoms with E-state index in [1.165, 1.54) is 19.8 Å². The lowest BCUT2D eigenvalue weighted by Gasteiger charge is -2.28. The highest BCUT2D eigenvalue weighted by Gasteiger charge is 2.21. The van der Waals surface area contributed by atoms with Gasteiger partial charge in [-0.3, -0.25) is 9.59 Å². The first-order chi connectivity index (χ1) is 9.09. The Balaban J connectivity index is 0.00000361. The summed E-state index contributed by atoms with van der Waals surface area (Å²) in [7, 11) is 0. The Morgan fingerprint density at radius 1 is 1.30 bits per heavy atom. The molecular formula is C14H28ClN3O2. The largest absolute Gasteiger partial charge is 0.356 e. The maximum absolute atomic E-state index is 11.8. The number of carbonyl (C=O) groups excluding carboxylic acids is 2. The summed E-state index contributed by atoms with van der Waals surface area (Å²) in [5, 5.41) is 9.02.